The van der Waals surface area contributed by atoms with Crippen LogP contribution in [0.3, 0.4) is 0 Å². The minimum absolute atomic E-state index is 0.146. The molecule has 0 aliphatic carbocycles. The van der Waals surface area contributed by atoms with Crippen LogP contribution in [0.25, 0.3) is 27.3 Å². The van der Waals surface area contributed by atoms with Crippen LogP contribution in [0.4, 0.5) is 4.39 Å². The van der Waals surface area contributed by atoms with Gasteiger partial charge in [-0.05, 0) is 24.3 Å². The van der Waals surface area contributed by atoms with Crippen molar-refractivity contribution in [2.75, 3.05) is 0 Å². The third-order valence-electron chi connectivity index (χ3n) is 4.59. The Labute approximate surface area is 151 Å². The second-order valence-electron chi connectivity index (χ2n) is 6.23. The number of nitrogens with zero attached hydrogens (tertiary/aromatic N) is 6. The van der Waals surface area contributed by atoms with Crippen molar-refractivity contribution < 1.29 is 4.39 Å². The highest BCUT2D eigenvalue weighted by molar-refractivity contribution is 5.90. The monoisotopic (exact) mass is 360 g/mol. The van der Waals surface area contributed by atoms with E-state index >= 15 is 0 Å². The zero-order chi connectivity index (χ0) is 18.4. The first-order valence-electron chi connectivity index (χ1n) is 8.43. The summed E-state index contributed by atoms with van der Waals surface area (Å²) in [6.07, 6.45) is 3.73. The number of benzene rings is 2. The SMILES string of the molecule is O=c1c2ccccc2cnn1CCc1nnc2c3cc(F)ccc3ncn12. The minimum Gasteiger partial charge on any atom is -0.269 e. The molecule has 8 heteroatoms. The summed E-state index contributed by atoms with van der Waals surface area (Å²) in [6, 6.07) is 11.7. The van der Waals surface area contributed by atoms with Crippen LogP contribution in [0.2, 0.25) is 0 Å². The smallest absolute Gasteiger partial charge is 0.269 e. The van der Waals surface area contributed by atoms with Crippen LogP contribution < -0.4 is 5.56 Å². The van der Waals surface area contributed by atoms with Crippen molar-refractivity contribution >= 4 is 27.3 Å². The van der Waals surface area contributed by atoms with Gasteiger partial charge in [0.2, 0.25) is 0 Å². The van der Waals surface area contributed by atoms with Gasteiger partial charge in [0.15, 0.2) is 5.65 Å². The maximum atomic E-state index is 13.6. The van der Waals surface area contributed by atoms with Crippen LogP contribution in [0.5, 0.6) is 0 Å². The van der Waals surface area contributed by atoms with Crippen LogP contribution in [0.15, 0.2) is 59.8 Å². The zero-order valence-electron chi connectivity index (χ0n) is 14.1. The standard InChI is InChI=1S/C19H13FN6O/c20-13-5-6-16-15(9-13)18-24-23-17(25(18)11-21-16)7-8-26-19(27)14-4-2-1-3-12(14)10-22-26/h1-6,9-11H,7-8H2. The zero-order valence-corrected chi connectivity index (χ0v) is 14.1. The largest absolute Gasteiger partial charge is 0.274 e. The van der Waals surface area contributed by atoms with Gasteiger partial charge in [0.25, 0.3) is 5.56 Å². The molecule has 0 spiro atoms. The lowest BCUT2D eigenvalue weighted by Crippen LogP contribution is -2.24. The number of aromatic nitrogens is 6. The molecule has 5 rings (SSSR count). The third kappa shape index (κ3) is 2.53. The summed E-state index contributed by atoms with van der Waals surface area (Å²) in [5, 5.41) is 14.6. The van der Waals surface area contributed by atoms with Crippen molar-refractivity contribution in [1.82, 2.24) is 29.4 Å². The Morgan fingerprint density at radius 2 is 1.93 bits per heavy atom. The van der Waals surface area contributed by atoms with Gasteiger partial charge in [-0.1, -0.05) is 18.2 Å². The number of fused-ring (bicyclic) bond motifs is 4. The molecule has 0 saturated carbocycles. The van der Waals surface area contributed by atoms with E-state index in [2.05, 4.69) is 20.3 Å². The van der Waals surface area contributed by atoms with E-state index < -0.39 is 0 Å². The fraction of sp³-hybridized carbons (Fsp3) is 0.105. The minimum atomic E-state index is -0.353. The molecule has 0 unspecified atom stereocenters. The first-order chi connectivity index (χ1) is 13.2. The molecular formula is C19H13FN6O. The molecule has 0 radical (unpaired) electrons. The number of hydrogen-bond acceptors (Lipinski definition) is 5. The molecule has 0 N–H and O–H groups in total. The summed E-state index contributed by atoms with van der Waals surface area (Å²) < 4.78 is 16.7. The van der Waals surface area contributed by atoms with Crippen molar-refractivity contribution in [2.24, 2.45) is 0 Å². The molecule has 3 heterocycles. The quantitative estimate of drug-likeness (QED) is 0.494. The highest BCUT2D eigenvalue weighted by Crippen LogP contribution is 2.18. The fourth-order valence-corrected chi connectivity index (χ4v) is 3.21. The Hall–Kier alpha value is -3.68. The van der Waals surface area contributed by atoms with E-state index in [9.17, 15) is 9.18 Å². The molecule has 0 aliphatic heterocycles. The van der Waals surface area contributed by atoms with Gasteiger partial charge < -0.3 is 0 Å². The predicted octanol–water partition coefficient (Wildman–Crippen LogP) is 2.37. The molecule has 0 atom stereocenters. The summed E-state index contributed by atoms with van der Waals surface area (Å²) in [7, 11) is 0. The van der Waals surface area contributed by atoms with E-state index in [4.69, 9.17) is 0 Å². The Morgan fingerprint density at radius 3 is 2.85 bits per heavy atom. The second-order valence-corrected chi connectivity index (χ2v) is 6.23. The number of rotatable bonds is 3. The Morgan fingerprint density at radius 1 is 1.04 bits per heavy atom. The van der Waals surface area contributed by atoms with Gasteiger partial charge >= 0.3 is 0 Å². The Kier molecular flexibility index (Phi) is 3.43. The van der Waals surface area contributed by atoms with Crippen LogP contribution in [-0.4, -0.2) is 29.4 Å². The van der Waals surface area contributed by atoms with Crippen molar-refractivity contribution in [3.63, 3.8) is 0 Å². The van der Waals surface area contributed by atoms with Crippen LogP contribution in [0.1, 0.15) is 5.82 Å². The molecule has 3 aromatic heterocycles. The molecule has 0 amide bonds. The molecule has 2 aromatic carbocycles. The lowest BCUT2D eigenvalue weighted by Gasteiger charge is -2.05. The van der Waals surface area contributed by atoms with E-state index in [1.807, 2.05) is 18.2 Å². The van der Waals surface area contributed by atoms with E-state index in [1.54, 1.807) is 29.1 Å². The number of halogens is 1. The topological polar surface area (TPSA) is 78.0 Å². The predicted molar refractivity (Wildman–Crippen MR) is 98.0 cm³/mol. The van der Waals surface area contributed by atoms with E-state index in [0.29, 0.717) is 40.7 Å². The number of aryl methyl sites for hydroxylation is 2. The number of hydrogen-bond donors (Lipinski definition) is 0. The molecule has 27 heavy (non-hydrogen) atoms. The van der Waals surface area contributed by atoms with E-state index in [-0.39, 0.29) is 11.4 Å². The second kappa shape index (κ2) is 5.94. The average molecular weight is 360 g/mol. The van der Waals surface area contributed by atoms with Gasteiger partial charge in [0.1, 0.15) is 18.0 Å². The maximum absolute atomic E-state index is 13.6. The maximum Gasteiger partial charge on any atom is 0.274 e. The fourth-order valence-electron chi connectivity index (χ4n) is 3.21. The third-order valence-corrected chi connectivity index (χ3v) is 4.59. The molecule has 0 fully saturated rings. The van der Waals surface area contributed by atoms with E-state index in [1.165, 1.54) is 16.8 Å². The lowest BCUT2D eigenvalue weighted by molar-refractivity contribution is 0.570. The van der Waals surface area contributed by atoms with Crippen molar-refractivity contribution in [3.05, 3.63) is 77.0 Å². The summed E-state index contributed by atoms with van der Waals surface area (Å²) in [5.41, 5.74) is 1.04. The lowest BCUT2D eigenvalue weighted by atomic mass is 10.2. The highest BCUT2D eigenvalue weighted by Gasteiger charge is 2.11. The Bertz CT molecular complexity index is 1370. The summed E-state index contributed by atoms with van der Waals surface area (Å²) >= 11 is 0. The average Bonchev–Trinajstić information content (AvgIpc) is 3.11. The highest BCUT2D eigenvalue weighted by atomic mass is 19.1. The van der Waals surface area contributed by atoms with Crippen LogP contribution in [-0.2, 0) is 13.0 Å². The molecule has 7 nitrogen and oxygen atoms in total. The molecule has 0 bridgehead atoms. The van der Waals surface area contributed by atoms with Gasteiger partial charge in [-0.25, -0.2) is 14.1 Å². The summed E-state index contributed by atoms with van der Waals surface area (Å²) in [6.45, 7) is 0.353. The first-order valence-corrected chi connectivity index (χ1v) is 8.43. The van der Waals surface area contributed by atoms with Crippen molar-refractivity contribution in [3.8, 4) is 0 Å². The molecule has 5 aromatic rings. The van der Waals surface area contributed by atoms with Crippen LogP contribution >= 0.6 is 0 Å². The first kappa shape index (κ1) is 15.6. The van der Waals surface area contributed by atoms with Gasteiger partial charge in [0, 0.05) is 17.2 Å². The summed E-state index contributed by atoms with van der Waals surface area (Å²) in [4.78, 5) is 16.9. The van der Waals surface area contributed by atoms with Crippen molar-refractivity contribution in [1.29, 1.82) is 0 Å². The van der Waals surface area contributed by atoms with Gasteiger partial charge in [-0.15, -0.1) is 10.2 Å². The van der Waals surface area contributed by atoms with Gasteiger partial charge in [0.05, 0.1) is 23.6 Å². The van der Waals surface area contributed by atoms with Crippen molar-refractivity contribution in [2.45, 2.75) is 13.0 Å². The normalized spacial score (nSPS) is 11.6. The van der Waals surface area contributed by atoms with E-state index in [0.717, 1.165) is 5.39 Å². The summed E-state index contributed by atoms with van der Waals surface area (Å²) in [5.74, 6) is 0.277. The Balaban J connectivity index is 1.52. The molecule has 0 aliphatic rings. The van der Waals surface area contributed by atoms with Crippen LogP contribution in [0, 0.1) is 5.82 Å². The molecule has 0 saturated heterocycles. The molecule has 132 valence electrons. The molecular weight excluding hydrogens is 347 g/mol. The van der Waals surface area contributed by atoms with Gasteiger partial charge in [-0.2, -0.15) is 5.10 Å². The van der Waals surface area contributed by atoms with Gasteiger partial charge in [-0.3, -0.25) is 9.20 Å².